The first-order valence-corrected chi connectivity index (χ1v) is 16.0. The molecule has 9 fully saturated rings. The summed E-state index contributed by atoms with van der Waals surface area (Å²) < 4.78 is 12.0. The molecule has 4 atom stereocenters. The molecule has 0 amide bonds. The fourth-order valence-corrected chi connectivity index (χ4v) is 12.6. The number of carbonyl (C=O) groups excluding carboxylic acids is 2. The third kappa shape index (κ3) is 4.05. The van der Waals surface area contributed by atoms with E-state index < -0.39 is 0 Å². The zero-order valence-corrected chi connectivity index (χ0v) is 22.6. The van der Waals surface area contributed by atoms with Crippen molar-refractivity contribution >= 4 is 11.9 Å². The molecule has 202 valence electrons. The summed E-state index contributed by atoms with van der Waals surface area (Å²) in [5.41, 5.74) is 0.860. The summed E-state index contributed by atoms with van der Waals surface area (Å²) in [6, 6.07) is 0. The molecular weight excluding hydrogens is 460 g/mol. The van der Waals surface area contributed by atoms with Crippen molar-refractivity contribution in [2.75, 3.05) is 13.2 Å². The SMILES string of the molecule is O=C(OCCC12CC3CC(CC(C3)C1)C2)C1C2C=CC(C2)C1C(=O)OCCC12CC3CC(CC(C3)C1)C2. The van der Waals surface area contributed by atoms with Crippen molar-refractivity contribution in [3.8, 4) is 0 Å². The van der Waals surface area contributed by atoms with Crippen LogP contribution in [0.4, 0.5) is 0 Å². The molecule has 0 spiro atoms. The number of carbonyl (C=O) groups is 2. The molecule has 10 rings (SSSR count). The molecule has 4 unspecified atom stereocenters. The van der Waals surface area contributed by atoms with Crippen molar-refractivity contribution in [1.29, 1.82) is 0 Å². The second kappa shape index (κ2) is 8.59. The zero-order valence-electron chi connectivity index (χ0n) is 22.6. The van der Waals surface area contributed by atoms with Crippen molar-refractivity contribution in [2.24, 2.45) is 70.0 Å². The Morgan fingerprint density at radius 3 is 1.19 bits per heavy atom. The highest BCUT2D eigenvalue weighted by Crippen LogP contribution is 2.62. The Bertz CT molecular complexity index is 832. The van der Waals surface area contributed by atoms with Gasteiger partial charge in [-0.3, -0.25) is 9.59 Å². The molecule has 0 saturated heterocycles. The lowest BCUT2D eigenvalue weighted by molar-refractivity contribution is -0.163. The topological polar surface area (TPSA) is 52.6 Å². The maximum absolute atomic E-state index is 13.4. The number of ether oxygens (including phenoxy) is 2. The van der Waals surface area contributed by atoms with E-state index in [0.29, 0.717) is 24.0 Å². The number of hydrogen-bond acceptors (Lipinski definition) is 4. The number of esters is 2. The molecule has 10 bridgehead atoms. The predicted molar refractivity (Wildman–Crippen MR) is 140 cm³/mol. The van der Waals surface area contributed by atoms with E-state index in [9.17, 15) is 9.59 Å². The first-order valence-electron chi connectivity index (χ1n) is 16.0. The minimum Gasteiger partial charge on any atom is -0.465 e. The Labute approximate surface area is 222 Å². The minimum atomic E-state index is -0.335. The molecule has 0 radical (unpaired) electrons. The van der Waals surface area contributed by atoms with Crippen LogP contribution in [-0.2, 0) is 19.1 Å². The Hall–Kier alpha value is -1.32. The Morgan fingerprint density at radius 2 is 0.865 bits per heavy atom. The van der Waals surface area contributed by atoms with Crippen molar-refractivity contribution in [2.45, 2.75) is 96.3 Å². The van der Waals surface area contributed by atoms with Crippen LogP contribution >= 0.6 is 0 Å². The predicted octanol–water partition coefficient (Wildman–Crippen LogP) is 6.72. The Kier molecular flexibility index (Phi) is 5.47. The van der Waals surface area contributed by atoms with Gasteiger partial charge in [0, 0.05) is 0 Å². The molecule has 10 aliphatic carbocycles. The van der Waals surface area contributed by atoms with Crippen LogP contribution in [0.5, 0.6) is 0 Å². The minimum absolute atomic E-state index is 0.135. The summed E-state index contributed by atoms with van der Waals surface area (Å²) in [5.74, 6) is 4.92. The molecule has 0 heterocycles. The molecular formula is C33H46O4. The molecule has 4 heteroatoms. The first kappa shape index (κ1) is 23.6. The Balaban J connectivity index is 0.866. The van der Waals surface area contributed by atoms with Crippen molar-refractivity contribution in [3.05, 3.63) is 12.2 Å². The van der Waals surface area contributed by atoms with Crippen LogP contribution in [0.3, 0.4) is 0 Å². The molecule has 37 heavy (non-hydrogen) atoms. The first-order chi connectivity index (χ1) is 17.9. The van der Waals surface area contributed by atoms with Gasteiger partial charge in [-0.25, -0.2) is 0 Å². The lowest BCUT2D eigenvalue weighted by Crippen LogP contribution is -2.46. The standard InChI is InChI=1S/C33H46O4/c34-30(36-5-3-32-14-20-7-21(15-32)9-22(8-20)16-32)28-26-1-2-27(13-26)29(28)31(35)37-6-4-33-17-23-10-24(18-33)12-25(11-23)19-33/h1-2,20-29H,3-19H2. The fourth-order valence-electron chi connectivity index (χ4n) is 12.6. The van der Waals surface area contributed by atoms with Gasteiger partial charge in [-0.15, -0.1) is 0 Å². The van der Waals surface area contributed by atoms with Gasteiger partial charge in [0.2, 0.25) is 0 Å². The van der Waals surface area contributed by atoms with Crippen LogP contribution in [-0.4, -0.2) is 25.2 Å². The van der Waals surface area contributed by atoms with E-state index >= 15 is 0 Å². The van der Waals surface area contributed by atoms with Gasteiger partial charge in [0.25, 0.3) is 0 Å². The summed E-state index contributed by atoms with van der Waals surface area (Å²) in [6.07, 6.45) is 24.1. The lowest BCUT2D eigenvalue weighted by atomic mass is 9.49. The summed E-state index contributed by atoms with van der Waals surface area (Å²) in [4.78, 5) is 26.8. The van der Waals surface area contributed by atoms with E-state index in [1.165, 1.54) is 77.0 Å². The van der Waals surface area contributed by atoms with Gasteiger partial charge in [-0.2, -0.15) is 0 Å². The van der Waals surface area contributed by atoms with Gasteiger partial charge in [-0.1, -0.05) is 12.2 Å². The van der Waals surface area contributed by atoms with Gasteiger partial charge < -0.3 is 9.47 Å². The van der Waals surface area contributed by atoms with Crippen LogP contribution < -0.4 is 0 Å². The fraction of sp³-hybridized carbons (Fsp3) is 0.879. The van der Waals surface area contributed by atoms with E-state index in [4.69, 9.17) is 9.47 Å². The van der Waals surface area contributed by atoms with E-state index in [0.717, 1.165) is 54.8 Å². The van der Waals surface area contributed by atoms with Crippen LogP contribution in [0.25, 0.3) is 0 Å². The average Bonchev–Trinajstić information content (AvgIpc) is 3.44. The third-order valence-corrected chi connectivity index (χ3v) is 13.1. The van der Waals surface area contributed by atoms with Crippen LogP contribution in [0.15, 0.2) is 12.2 Å². The van der Waals surface area contributed by atoms with Crippen LogP contribution in [0.1, 0.15) is 96.3 Å². The number of hydrogen-bond donors (Lipinski definition) is 0. The summed E-state index contributed by atoms with van der Waals surface area (Å²) in [5, 5.41) is 0. The van der Waals surface area contributed by atoms with E-state index in [-0.39, 0.29) is 35.6 Å². The van der Waals surface area contributed by atoms with Gasteiger partial charge in [0.1, 0.15) is 0 Å². The smallest absolute Gasteiger partial charge is 0.310 e. The second-order valence-electron chi connectivity index (χ2n) is 15.7. The third-order valence-electron chi connectivity index (χ3n) is 13.1. The number of rotatable bonds is 8. The second-order valence-corrected chi connectivity index (χ2v) is 15.7. The number of fused-ring (bicyclic) bond motifs is 2. The molecule has 0 aromatic carbocycles. The van der Waals surface area contributed by atoms with Gasteiger partial charge in [0.05, 0.1) is 25.0 Å². The van der Waals surface area contributed by atoms with E-state index in [1.807, 2.05) is 0 Å². The van der Waals surface area contributed by atoms with E-state index in [2.05, 4.69) is 12.2 Å². The zero-order chi connectivity index (χ0) is 24.8. The average molecular weight is 507 g/mol. The number of allylic oxidation sites excluding steroid dienone is 2. The normalized spacial score (nSPS) is 51.7. The lowest BCUT2D eigenvalue weighted by Gasteiger charge is -2.57. The van der Waals surface area contributed by atoms with Gasteiger partial charge in [0.15, 0.2) is 0 Å². The van der Waals surface area contributed by atoms with Gasteiger partial charge in [-0.05, 0) is 154 Å². The van der Waals surface area contributed by atoms with Crippen molar-refractivity contribution < 1.29 is 19.1 Å². The molecule has 0 aliphatic heterocycles. The molecule has 0 N–H and O–H groups in total. The summed E-state index contributed by atoms with van der Waals surface area (Å²) >= 11 is 0. The van der Waals surface area contributed by atoms with Crippen LogP contribution in [0.2, 0.25) is 0 Å². The maximum atomic E-state index is 13.4. The highest BCUT2D eigenvalue weighted by molar-refractivity contribution is 5.84. The molecule has 10 aliphatic rings. The largest absolute Gasteiger partial charge is 0.465 e. The van der Waals surface area contributed by atoms with Crippen molar-refractivity contribution in [1.82, 2.24) is 0 Å². The summed E-state index contributed by atoms with van der Waals surface area (Å²) in [6.45, 7) is 1.08. The van der Waals surface area contributed by atoms with Crippen molar-refractivity contribution in [3.63, 3.8) is 0 Å². The highest BCUT2D eigenvalue weighted by atomic mass is 16.5. The van der Waals surface area contributed by atoms with Crippen LogP contribution in [0, 0.1) is 70.0 Å². The summed E-state index contributed by atoms with van der Waals surface area (Å²) in [7, 11) is 0. The van der Waals surface area contributed by atoms with E-state index in [1.54, 1.807) is 0 Å². The molecule has 9 saturated carbocycles. The maximum Gasteiger partial charge on any atom is 0.310 e. The molecule has 0 aromatic rings. The quantitative estimate of drug-likeness (QED) is 0.271. The molecule has 0 aromatic heterocycles. The monoisotopic (exact) mass is 506 g/mol. The molecule has 4 nitrogen and oxygen atoms in total. The Morgan fingerprint density at radius 1 is 0.541 bits per heavy atom. The van der Waals surface area contributed by atoms with Gasteiger partial charge >= 0.3 is 11.9 Å². The highest BCUT2D eigenvalue weighted by Gasteiger charge is 2.55.